The number of ether oxygens (including phenoxy) is 1. The Labute approximate surface area is 108 Å². The first kappa shape index (κ1) is 14.9. The molecule has 0 aromatic rings. The highest BCUT2D eigenvalue weighted by Crippen LogP contribution is 1.96. The SMILES string of the molecule is CCOC(C)CNC(=O)C(=O)N1CCCNCC1. The minimum absolute atomic E-state index is 0.0717. The fourth-order valence-electron chi connectivity index (χ4n) is 1.85. The van der Waals surface area contributed by atoms with Crippen molar-refractivity contribution in [2.45, 2.75) is 26.4 Å². The molecule has 0 aliphatic carbocycles. The van der Waals surface area contributed by atoms with Crippen LogP contribution in [0.4, 0.5) is 0 Å². The lowest BCUT2D eigenvalue weighted by Crippen LogP contribution is -2.46. The third-order valence-electron chi connectivity index (χ3n) is 2.82. The lowest BCUT2D eigenvalue weighted by atomic mass is 10.3. The molecule has 1 atom stereocenters. The van der Waals surface area contributed by atoms with Crippen molar-refractivity contribution in [1.82, 2.24) is 15.5 Å². The summed E-state index contributed by atoms with van der Waals surface area (Å²) in [7, 11) is 0. The van der Waals surface area contributed by atoms with Crippen LogP contribution in [0.2, 0.25) is 0 Å². The fourth-order valence-corrected chi connectivity index (χ4v) is 1.85. The molecule has 0 aromatic carbocycles. The van der Waals surface area contributed by atoms with Gasteiger partial charge in [-0.05, 0) is 26.8 Å². The molecule has 1 aliphatic heterocycles. The molecule has 18 heavy (non-hydrogen) atoms. The van der Waals surface area contributed by atoms with E-state index in [1.807, 2.05) is 13.8 Å². The minimum Gasteiger partial charge on any atom is -0.377 e. The first-order valence-electron chi connectivity index (χ1n) is 6.54. The first-order valence-corrected chi connectivity index (χ1v) is 6.54. The maximum absolute atomic E-state index is 11.9. The van der Waals surface area contributed by atoms with Crippen LogP contribution in [0.3, 0.4) is 0 Å². The minimum atomic E-state index is -0.538. The molecular formula is C12H23N3O3. The van der Waals surface area contributed by atoms with E-state index in [0.29, 0.717) is 26.2 Å². The zero-order valence-corrected chi connectivity index (χ0v) is 11.2. The molecule has 6 nitrogen and oxygen atoms in total. The Morgan fingerprint density at radius 3 is 2.89 bits per heavy atom. The van der Waals surface area contributed by atoms with Crippen molar-refractivity contribution in [3.63, 3.8) is 0 Å². The van der Waals surface area contributed by atoms with Crippen molar-refractivity contribution >= 4 is 11.8 Å². The average Bonchev–Trinajstić information content (AvgIpc) is 2.64. The van der Waals surface area contributed by atoms with E-state index in [-0.39, 0.29) is 6.10 Å². The number of hydrogen-bond acceptors (Lipinski definition) is 4. The third-order valence-corrected chi connectivity index (χ3v) is 2.82. The lowest BCUT2D eigenvalue weighted by molar-refractivity contribution is -0.146. The second-order valence-electron chi connectivity index (χ2n) is 4.37. The summed E-state index contributed by atoms with van der Waals surface area (Å²) in [5.41, 5.74) is 0. The van der Waals surface area contributed by atoms with Crippen LogP contribution in [-0.4, -0.2) is 62.1 Å². The molecule has 1 unspecified atom stereocenters. The molecule has 0 saturated carbocycles. The number of carbonyl (C=O) groups excluding carboxylic acids is 2. The van der Waals surface area contributed by atoms with E-state index in [0.717, 1.165) is 19.5 Å². The van der Waals surface area contributed by atoms with E-state index in [1.165, 1.54) is 0 Å². The Morgan fingerprint density at radius 2 is 2.17 bits per heavy atom. The van der Waals surface area contributed by atoms with Crippen LogP contribution < -0.4 is 10.6 Å². The third kappa shape index (κ3) is 5.01. The predicted octanol–water partition coefficient (Wildman–Crippen LogP) is -0.650. The van der Waals surface area contributed by atoms with Gasteiger partial charge in [-0.3, -0.25) is 9.59 Å². The van der Waals surface area contributed by atoms with Crippen LogP contribution >= 0.6 is 0 Å². The molecule has 2 amide bonds. The molecule has 1 fully saturated rings. The van der Waals surface area contributed by atoms with Crippen molar-refractivity contribution in [2.24, 2.45) is 0 Å². The maximum Gasteiger partial charge on any atom is 0.311 e. The van der Waals surface area contributed by atoms with Gasteiger partial charge in [0, 0.05) is 32.8 Å². The highest BCUT2D eigenvalue weighted by Gasteiger charge is 2.22. The molecule has 2 N–H and O–H groups in total. The number of nitrogens with zero attached hydrogens (tertiary/aromatic N) is 1. The van der Waals surface area contributed by atoms with Crippen LogP contribution in [0.25, 0.3) is 0 Å². The van der Waals surface area contributed by atoms with E-state index < -0.39 is 11.8 Å². The smallest absolute Gasteiger partial charge is 0.311 e. The maximum atomic E-state index is 11.9. The van der Waals surface area contributed by atoms with Crippen molar-refractivity contribution in [3.8, 4) is 0 Å². The Morgan fingerprint density at radius 1 is 1.39 bits per heavy atom. The molecule has 1 saturated heterocycles. The highest BCUT2D eigenvalue weighted by molar-refractivity contribution is 6.35. The molecule has 1 rings (SSSR count). The van der Waals surface area contributed by atoms with Gasteiger partial charge in [0.1, 0.15) is 0 Å². The summed E-state index contributed by atoms with van der Waals surface area (Å²) in [5.74, 6) is -0.981. The summed E-state index contributed by atoms with van der Waals surface area (Å²) in [6, 6.07) is 0. The van der Waals surface area contributed by atoms with Gasteiger partial charge < -0.3 is 20.3 Å². The van der Waals surface area contributed by atoms with Gasteiger partial charge in [-0.2, -0.15) is 0 Å². The topological polar surface area (TPSA) is 70.7 Å². The van der Waals surface area contributed by atoms with Gasteiger partial charge >= 0.3 is 11.8 Å². The summed E-state index contributed by atoms with van der Waals surface area (Å²) in [5, 5.41) is 5.80. The van der Waals surface area contributed by atoms with E-state index in [2.05, 4.69) is 10.6 Å². The second kappa shape index (κ2) is 8.05. The summed E-state index contributed by atoms with van der Waals surface area (Å²) in [6.45, 7) is 7.60. The number of carbonyl (C=O) groups is 2. The zero-order chi connectivity index (χ0) is 13.4. The molecule has 1 heterocycles. The summed E-state index contributed by atoms with van der Waals surface area (Å²) >= 11 is 0. The Bertz CT molecular complexity index is 276. The molecule has 0 radical (unpaired) electrons. The van der Waals surface area contributed by atoms with Crippen LogP contribution in [-0.2, 0) is 14.3 Å². The van der Waals surface area contributed by atoms with Gasteiger partial charge in [-0.1, -0.05) is 0 Å². The summed E-state index contributed by atoms with van der Waals surface area (Å²) in [6.07, 6.45) is 0.812. The Hall–Kier alpha value is -1.14. The van der Waals surface area contributed by atoms with Gasteiger partial charge in [0.25, 0.3) is 0 Å². The molecule has 0 aromatic heterocycles. The van der Waals surface area contributed by atoms with Crippen molar-refractivity contribution in [2.75, 3.05) is 39.3 Å². The normalized spacial score (nSPS) is 18.0. The van der Waals surface area contributed by atoms with Crippen LogP contribution in [0, 0.1) is 0 Å². The number of amides is 2. The van der Waals surface area contributed by atoms with Gasteiger partial charge in [0.05, 0.1) is 6.10 Å². The summed E-state index contributed by atoms with van der Waals surface area (Å²) in [4.78, 5) is 25.1. The fraction of sp³-hybridized carbons (Fsp3) is 0.833. The summed E-state index contributed by atoms with van der Waals surface area (Å²) < 4.78 is 5.29. The quantitative estimate of drug-likeness (QED) is 0.657. The predicted molar refractivity (Wildman–Crippen MR) is 68.2 cm³/mol. The molecular weight excluding hydrogens is 234 g/mol. The average molecular weight is 257 g/mol. The van der Waals surface area contributed by atoms with Crippen LogP contribution in [0.15, 0.2) is 0 Å². The van der Waals surface area contributed by atoms with E-state index in [1.54, 1.807) is 4.90 Å². The van der Waals surface area contributed by atoms with Crippen molar-refractivity contribution in [3.05, 3.63) is 0 Å². The van der Waals surface area contributed by atoms with Crippen molar-refractivity contribution < 1.29 is 14.3 Å². The van der Waals surface area contributed by atoms with Gasteiger partial charge in [-0.25, -0.2) is 0 Å². The number of rotatable bonds is 4. The van der Waals surface area contributed by atoms with Gasteiger partial charge in [0.15, 0.2) is 0 Å². The largest absolute Gasteiger partial charge is 0.377 e. The van der Waals surface area contributed by atoms with E-state index in [4.69, 9.17) is 4.74 Å². The molecule has 104 valence electrons. The molecule has 0 spiro atoms. The Kier molecular flexibility index (Phi) is 6.67. The van der Waals surface area contributed by atoms with Gasteiger partial charge in [-0.15, -0.1) is 0 Å². The second-order valence-corrected chi connectivity index (χ2v) is 4.37. The first-order chi connectivity index (χ1) is 8.65. The van der Waals surface area contributed by atoms with E-state index >= 15 is 0 Å². The number of hydrogen-bond donors (Lipinski definition) is 2. The van der Waals surface area contributed by atoms with Gasteiger partial charge in [0.2, 0.25) is 0 Å². The van der Waals surface area contributed by atoms with E-state index in [9.17, 15) is 9.59 Å². The Balaban J connectivity index is 2.33. The molecule has 0 bridgehead atoms. The standard InChI is InChI=1S/C12H23N3O3/c1-3-18-10(2)9-14-11(16)12(17)15-7-4-5-13-6-8-15/h10,13H,3-9H2,1-2H3,(H,14,16). The van der Waals surface area contributed by atoms with Crippen LogP contribution in [0.5, 0.6) is 0 Å². The lowest BCUT2D eigenvalue weighted by Gasteiger charge is -2.20. The molecule has 6 heteroatoms. The number of nitrogens with one attached hydrogen (secondary N) is 2. The monoisotopic (exact) mass is 257 g/mol. The zero-order valence-electron chi connectivity index (χ0n) is 11.2. The highest BCUT2D eigenvalue weighted by atomic mass is 16.5. The molecule has 1 aliphatic rings. The van der Waals surface area contributed by atoms with Crippen LogP contribution in [0.1, 0.15) is 20.3 Å². The van der Waals surface area contributed by atoms with Crippen molar-refractivity contribution in [1.29, 1.82) is 0 Å².